The van der Waals surface area contributed by atoms with E-state index >= 15 is 0 Å². The fraction of sp³-hybridized carbons (Fsp3) is 0.310. The number of ether oxygens (including phenoxy) is 3. The highest BCUT2D eigenvalue weighted by Gasteiger charge is 2.36. The smallest absolute Gasteiger partial charge is 0.303 e. The zero-order chi connectivity index (χ0) is 25.8. The minimum absolute atomic E-state index is 0.0292. The summed E-state index contributed by atoms with van der Waals surface area (Å²) in [5.41, 5.74) is 3.05. The molecular formula is C29H30N2O6. The number of nitrogens with one attached hydrogen (secondary N) is 1. The van der Waals surface area contributed by atoms with Crippen LogP contribution < -0.4 is 9.47 Å². The molecule has 0 radical (unpaired) electrons. The van der Waals surface area contributed by atoms with E-state index < -0.39 is 6.04 Å². The Balaban J connectivity index is 1.40. The lowest BCUT2D eigenvalue weighted by atomic mass is 9.95. The number of hydrogen-bond acceptors (Lipinski definition) is 6. The van der Waals surface area contributed by atoms with Crippen molar-refractivity contribution in [2.45, 2.75) is 38.8 Å². The van der Waals surface area contributed by atoms with Gasteiger partial charge in [-0.25, -0.2) is 0 Å². The van der Waals surface area contributed by atoms with Gasteiger partial charge in [0.15, 0.2) is 0 Å². The molecule has 1 unspecified atom stereocenters. The predicted octanol–water partition coefficient (Wildman–Crippen LogP) is 5.17. The highest BCUT2D eigenvalue weighted by Crippen LogP contribution is 2.40. The average Bonchev–Trinajstić information content (AvgIpc) is 3.54. The molecule has 1 atom stereocenters. The largest absolute Gasteiger partial charge is 0.497 e. The number of aromatic amines is 1. The average molecular weight is 503 g/mol. The van der Waals surface area contributed by atoms with E-state index in [1.165, 1.54) is 6.92 Å². The molecule has 8 heteroatoms. The van der Waals surface area contributed by atoms with Gasteiger partial charge in [-0.2, -0.15) is 0 Å². The molecule has 0 fully saturated rings. The third-order valence-corrected chi connectivity index (χ3v) is 6.57. The Morgan fingerprint density at radius 3 is 2.70 bits per heavy atom. The maximum atomic E-state index is 13.5. The van der Waals surface area contributed by atoms with E-state index in [0.29, 0.717) is 43.9 Å². The first kappa shape index (κ1) is 24.5. The van der Waals surface area contributed by atoms with Crippen molar-refractivity contribution in [1.29, 1.82) is 0 Å². The lowest BCUT2D eigenvalue weighted by molar-refractivity contribution is -0.142. The summed E-state index contributed by atoms with van der Waals surface area (Å²) >= 11 is 0. The van der Waals surface area contributed by atoms with Crippen LogP contribution in [0.4, 0.5) is 0 Å². The lowest BCUT2D eigenvalue weighted by Crippen LogP contribution is -2.40. The van der Waals surface area contributed by atoms with Gasteiger partial charge in [-0.3, -0.25) is 9.59 Å². The van der Waals surface area contributed by atoms with Crippen molar-refractivity contribution in [3.8, 4) is 11.5 Å². The Morgan fingerprint density at radius 2 is 1.92 bits per heavy atom. The number of methoxy groups -OCH3 is 1. The summed E-state index contributed by atoms with van der Waals surface area (Å²) in [5, 5.41) is 1.08. The molecule has 0 bridgehead atoms. The van der Waals surface area contributed by atoms with Crippen LogP contribution in [0.25, 0.3) is 10.9 Å². The van der Waals surface area contributed by atoms with Gasteiger partial charge in [-0.05, 0) is 60.9 Å². The molecule has 0 spiro atoms. The minimum atomic E-state index is -0.421. The standard InChI is InChI=1S/C29H30N2O6/c1-19(32)36-18-22-11-13-26(37-22)29-28-23(24-17-21(34-2)10-12-25(24)30-28)14-15-31(29)27(33)9-6-16-35-20-7-4-3-5-8-20/h3-5,7-8,10-13,17,29-30H,6,9,14-16,18H2,1-2H3. The maximum absolute atomic E-state index is 13.5. The molecule has 0 saturated carbocycles. The van der Waals surface area contributed by atoms with E-state index in [4.69, 9.17) is 18.6 Å². The van der Waals surface area contributed by atoms with Crippen LogP contribution in [-0.2, 0) is 27.4 Å². The van der Waals surface area contributed by atoms with Crippen LogP contribution in [0.3, 0.4) is 0 Å². The Labute approximate surface area is 215 Å². The second-order valence-electron chi connectivity index (χ2n) is 9.02. The number of fused-ring (bicyclic) bond motifs is 3. The highest BCUT2D eigenvalue weighted by molar-refractivity contribution is 5.87. The topological polar surface area (TPSA) is 94.0 Å². The summed E-state index contributed by atoms with van der Waals surface area (Å²) in [6.07, 6.45) is 1.67. The predicted molar refractivity (Wildman–Crippen MR) is 137 cm³/mol. The van der Waals surface area contributed by atoms with Crippen molar-refractivity contribution in [3.05, 3.63) is 83.4 Å². The number of hydrogen-bond donors (Lipinski definition) is 1. The van der Waals surface area contributed by atoms with Crippen LogP contribution in [0.5, 0.6) is 11.5 Å². The van der Waals surface area contributed by atoms with Gasteiger partial charge in [0.25, 0.3) is 0 Å². The molecule has 192 valence electrons. The molecule has 2 aromatic heterocycles. The molecule has 2 aromatic carbocycles. The van der Waals surface area contributed by atoms with E-state index in [1.54, 1.807) is 13.2 Å². The quantitative estimate of drug-likeness (QED) is 0.251. The van der Waals surface area contributed by atoms with E-state index in [-0.39, 0.29) is 18.5 Å². The number of H-pyrrole nitrogens is 1. The molecule has 0 aliphatic carbocycles. The zero-order valence-electron chi connectivity index (χ0n) is 21.0. The molecule has 0 saturated heterocycles. The number of esters is 1. The number of amides is 1. The molecule has 3 heterocycles. The van der Waals surface area contributed by atoms with Crippen molar-refractivity contribution in [2.24, 2.45) is 0 Å². The summed E-state index contributed by atoms with van der Waals surface area (Å²) in [6.45, 7) is 2.42. The number of aromatic nitrogens is 1. The summed E-state index contributed by atoms with van der Waals surface area (Å²) in [4.78, 5) is 30.1. The summed E-state index contributed by atoms with van der Waals surface area (Å²) < 4.78 is 22.4. The van der Waals surface area contributed by atoms with Crippen molar-refractivity contribution in [3.63, 3.8) is 0 Å². The number of nitrogens with zero attached hydrogens (tertiary/aromatic N) is 1. The molecule has 1 N–H and O–H groups in total. The van der Waals surface area contributed by atoms with Crippen LogP contribution in [-0.4, -0.2) is 42.0 Å². The van der Waals surface area contributed by atoms with Crippen LogP contribution in [0.15, 0.2) is 65.1 Å². The first-order valence-corrected chi connectivity index (χ1v) is 12.4. The Bertz CT molecular complexity index is 1390. The second kappa shape index (κ2) is 10.8. The number of carbonyl (C=O) groups is 2. The van der Waals surface area contributed by atoms with Gasteiger partial charge in [-0.1, -0.05) is 18.2 Å². The zero-order valence-corrected chi connectivity index (χ0v) is 21.0. The highest BCUT2D eigenvalue weighted by atomic mass is 16.5. The number of rotatable bonds is 9. The minimum Gasteiger partial charge on any atom is -0.497 e. The molecule has 8 nitrogen and oxygen atoms in total. The van der Waals surface area contributed by atoms with Crippen LogP contribution in [0, 0.1) is 0 Å². The fourth-order valence-corrected chi connectivity index (χ4v) is 4.82. The van der Waals surface area contributed by atoms with E-state index in [0.717, 1.165) is 33.7 Å². The lowest BCUT2D eigenvalue weighted by Gasteiger charge is -2.35. The van der Waals surface area contributed by atoms with Crippen LogP contribution in [0.2, 0.25) is 0 Å². The molecular weight excluding hydrogens is 472 g/mol. The van der Waals surface area contributed by atoms with Crippen molar-refractivity contribution in [2.75, 3.05) is 20.3 Å². The molecule has 37 heavy (non-hydrogen) atoms. The molecule has 1 aliphatic heterocycles. The number of para-hydroxylation sites is 1. The summed E-state index contributed by atoms with van der Waals surface area (Å²) in [6, 6.07) is 18.7. The number of carbonyl (C=O) groups excluding carboxylic acids is 2. The van der Waals surface area contributed by atoms with Gasteiger partial charge in [-0.15, -0.1) is 0 Å². The van der Waals surface area contributed by atoms with Gasteiger partial charge in [0.05, 0.1) is 19.4 Å². The van der Waals surface area contributed by atoms with Crippen molar-refractivity contribution < 1.29 is 28.2 Å². The van der Waals surface area contributed by atoms with Gasteiger partial charge in [0.2, 0.25) is 5.91 Å². The van der Waals surface area contributed by atoms with Gasteiger partial charge >= 0.3 is 5.97 Å². The fourth-order valence-electron chi connectivity index (χ4n) is 4.82. The van der Waals surface area contributed by atoms with Crippen LogP contribution >= 0.6 is 0 Å². The Kier molecular flexibility index (Phi) is 7.16. The molecule has 1 aliphatic rings. The SMILES string of the molecule is COc1ccc2[nH]c3c(c2c1)CCN(C(=O)CCCOc1ccccc1)C3c1ccc(COC(C)=O)o1. The Hall–Kier alpha value is -4.20. The molecule has 1 amide bonds. The first-order chi connectivity index (χ1) is 18.0. The van der Waals surface area contributed by atoms with E-state index in [1.807, 2.05) is 59.5 Å². The third-order valence-electron chi connectivity index (χ3n) is 6.57. The first-order valence-electron chi connectivity index (χ1n) is 12.4. The monoisotopic (exact) mass is 502 g/mol. The van der Waals surface area contributed by atoms with Crippen molar-refractivity contribution >= 4 is 22.8 Å². The maximum Gasteiger partial charge on any atom is 0.303 e. The third kappa shape index (κ3) is 5.33. The number of furan rings is 1. The second-order valence-corrected chi connectivity index (χ2v) is 9.02. The number of benzene rings is 2. The Morgan fingerprint density at radius 1 is 1.08 bits per heavy atom. The summed E-state index contributed by atoms with van der Waals surface area (Å²) in [7, 11) is 1.65. The normalized spacial score (nSPS) is 14.9. The molecule has 5 rings (SSSR count). The molecule has 4 aromatic rings. The summed E-state index contributed by atoms with van der Waals surface area (Å²) in [5.74, 6) is 2.37. The van der Waals surface area contributed by atoms with Gasteiger partial charge < -0.3 is 28.5 Å². The van der Waals surface area contributed by atoms with Gasteiger partial charge in [0.1, 0.15) is 35.7 Å². The van der Waals surface area contributed by atoms with E-state index in [9.17, 15) is 9.59 Å². The van der Waals surface area contributed by atoms with Crippen LogP contribution in [0.1, 0.15) is 48.6 Å². The van der Waals surface area contributed by atoms with Gasteiger partial charge in [0, 0.05) is 30.8 Å². The van der Waals surface area contributed by atoms with E-state index in [2.05, 4.69) is 4.98 Å². The van der Waals surface area contributed by atoms with Crippen molar-refractivity contribution in [1.82, 2.24) is 9.88 Å².